The minimum atomic E-state index is -0.786. The molecule has 0 aromatic rings. The van der Waals surface area contributed by atoms with Crippen LogP contribution in [0.2, 0.25) is 0 Å². The maximum Gasteiger partial charge on any atom is 0.0786 e. The van der Waals surface area contributed by atoms with E-state index in [4.69, 9.17) is 11.5 Å². The van der Waals surface area contributed by atoms with E-state index in [1.807, 2.05) is 0 Å². The summed E-state index contributed by atoms with van der Waals surface area (Å²) in [4.78, 5) is 3.87. The van der Waals surface area contributed by atoms with Gasteiger partial charge in [0.05, 0.1) is 17.8 Å². The van der Waals surface area contributed by atoms with Crippen molar-refractivity contribution in [1.82, 2.24) is 0 Å². The van der Waals surface area contributed by atoms with Crippen molar-refractivity contribution in [3.63, 3.8) is 0 Å². The van der Waals surface area contributed by atoms with Gasteiger partial charge in [-0.25, -0.2) is 0 Å². The van der Waals surface area contributed by atoms with Crippen LogP contribution in [0.3, 0.4) is 0 Å². The minimum Gasteiger partial charge on any atom is -0.403 e. The van der Waals surface area contributed by atoms with E-state index in [2.05, 4.69) is 4.99 Å². The molecule has 0 saturated carbocycles. The lowest BCUT2D eigenvalue weighted by molar-refractivity contribution is 0.0906. The molecule has 64 valence electrons. The van der Waals surface area contributed by atoms with Gasteiger partial charge in [-0.05, 0) is 13.8 Å². The Bertz CT molecular complexity index is 167. The fraction of sp³-hybridized carbons (Fsp3) is 0.571. The Labute approximate surface area is 66.6 Å². The summed E-state index contributed by atoms with van der Waals surface area (Å²) in [6, 6.07) is 0. The first kappa shape index (κ1) is 9.97. The Morgan fingerprint density at radius 1 is 1.64 bits per heavy atom. The number of nitrogens with zero attached hydrogens (tertiary/aromatic N) is 1. The van der Waals surface area contributed by atoms with Crippen LogP contribution in [0.15, 0.2) is 16.9 Å². The Morgan fingerprint density at radius 3 is 2.55 bits per heavy atom. The number of nitrogens with two attached hydrogens (primary N) is 2. The average Bonchev–Trinajstić information content (AvgIpc) is 1.85. The first-order chi connectivity index (χ1) is 4.95. The molecule has 0 radical (unpaired) electrons. The normalized spacial score (nSPS) is 14.3. The van der Waals surface area contributed by atoms with E-state index in [1.54, 1.807) is 13.8 Å². The Kier molecular flexibility index (Phi) is 3.60. The number of aliphatic hydroxyl groups is 1. The number of hydrogen-bond acceptors (Lipinski definition) is 4. The van der Waals surface area contributed by atoms with Crippen molar-refractivity contribution in [2.45, 2.75) is 19.4 Å². The molecule has 0 fully saturated rings. The van der Waals surface area contributed by atoms with Gasteiger partial charge in [0.25, 0.3) is 0 Å². The summed E-state index contributed by atoms with van der Waals surface area (Å²) in [6.07, 6.45) is 2.69. The molecule has 11 heavy (non-hydrogen) atoms. The number of allylic oxidation sites excluding steroid dienone is 1. The van der Waals surface area contributed by atoms with Gasteiger partial charge in [0.15, 0.2) is 0 Å². The number of rotatable bonds is 3. The number of aliphatic imine (C=N–C) groups is 1. The van der Waals surface area contributed by atoms with Crippen LogP contribution in [0.4, 0.5) is 0 Å². The van der Waals surface area contributed by atoms with Crippen LogP contribution in [0.1, 0.15) is 13.8 Å². The summed E-state index contributed by atoms with van der Waals surface area (Å²) in [6.45, 7) is 3.67. The van der Waals surface area contributed by atoms with E-state index in [0.29, 0.717) is 12.2 Å². The third-order valence-corrected chi connectivity index (χ3v) is 0.911. The van der Waals surface area contributed by atoms with Gasteiger partial charge < -0.3 is 16.6 Å². The van der Waals surface area contributed by atoms with Crippen molar-refractivity contribution in [2.75, 3.05) is 6.54 Å². The van der Waals surface area contributed by atoms with Crippen molar-refractivity contribution >= 4 is 6.21 Å². The molecule has 0 aliphatic heterocycles. The van der Waals surface area contributed by atoms with Gasteiger partial charge in [-0.2, -0.15) is 0 Å². The van der Waals surface area contributed by atoms with Gasteiger partial charge in [0, 0.05) is 12.4 Å². The van der Waals surface area contributed by atoms with E-state index in [9.17, 15) is 5.11 Å². The van der Waals surface area contributed by atoms with E-state index < -0.39 is 5.60 Å². The highest BCUT2D eigenvalue weighted by Gasteiger charge is 2.09. The molecule has 0 atom stereocenters. The molecule has 0 spiro atoms. The number of hydrogen-bond donors (Lipinski definition) is 3. The monoisotopic (exact) mass is 157 g/mol. The molecule has 0 amide bonds. The second-order valence-corrected chi connectivity index (χ2v) is 2.95. The lowest BCUT2D eigenvalue weighted by atomic mass is 10.1. The first-order valence-corrected chi connectivity index (χ1v) is 3.35. The Morgan fingerprint density at radius 2 is 2.18 bits per heavy atom. The molecule has 0 aromatic heterocycles. The van der Waals surface area contributed by atoms with Crippen LogP contribution in [0, 0.1) is 0 Å². The van der Waals surface area contributed by atoms with Gasteiger partial charge in [0.1, 0.15) is 0 Å². The molecule has 0 heterocycles. The highest BCUT2D eigenvalue weighted by molar-refractivity contribution is 5.76. The molecular formula is C7H15N3O. The SMILES string of the molecule is CC(C)(O)CN=CC(N)=CN. The van der Waals surface area contributed by atoms with Crippen LogP contribution in [0.5, 0.6) is 0 Å². The van der Waals surface area contributed by atoms with Crippen LogP contribution < -0.4 is 11.5 Å². The molecule has 0 rings (SSSR count). The lowest BCUT2D eigenvalue weighted by Crippen LogP contribution is -2.22. The summed E-state index contributed by atoms with van der Waals surface area (Å²) in [5.41, 5.74) is 10.00. The van der Waals surface area contributed by atoms with E-state index >= 15 is 0 Å². The van der Waals surface area contributed by atoms with Crippen LogP contribution in [0.25, 0.3) is 0 Å². The summed E-state index contributed by atoms with van der Waals surface area (Å²) in [7, 11) is 0. The van der Waals surface area contributed by atoms with Gasteiger partial charge in [0.2, 0.25) is 0 Å². The standard InChI is InChI=1S/C7H15N3O/c1-7(2,11)5-10-4-6(9)3-8/h3-4,11H,5,8-9H2,1-2H3. The molecule has 5 N–H and O–H groups in total. The smallest absolute Gasteiger partial charge is 0.0786 e. The molecule has 0 aliphatic rings. The second kappa shape index (κ2) is 3.98. The molecule has 0 aromatic carbocycles. The second-order valence-electron chi connectivity index (χ2n) is 2.95. The topological polar surface area (TPSA) is 84.6 Å². The Hall–Kier alpha value is -1.03. The fourth-order valence-corrected chi connectivity index (χ4v) is 0.417. The molecule has 0 aliphatic carbocycles. The van der Waals surface area contributed by atoms with Crippen molar-refractivity contribution in [1.29, 1.82) is 0 Å². The predicted molar refractivity (Wildman–Crippen MR) is 46.1 cm³/mol. The summed E-state index contributed by atoms with van der Waals surface area (Å²) in [5, 5.41) is 9.20. The largest absolute Gasteiger partial charge is 0.403 e. The van der Waals surface area contributed by atoms with E-state index in [-0.39, 0.29) is 0 Å². The predicted octanol–water partition coefficient (Wildman–Crippen LogP) is -0.413. The first-order valence-electron chi connectivity index (χ1n) is 3.35. The van der Waals surface area contributed by atoms with Crippen molar-refractivity contribution in [3.8, 4) is 0 Å². The van der Waals surface area contributed by atoms with Crippen molar-refractivity contribution in [2.24, 2.45) is 16.5 Å². The quantitative estimate of drug-likeness (QED) is 0.487. The van der Waals surface area contributed by atoms with Crippen LogP contribution in [-0.4, -0.2) is 23.5 Å². The van der Waals surface area contributed by atoms with Crippen LogP contribution >= 0.6 is 0 Å². The van der Waals surface area contributed by atoms with Crippen molar-refractivity contribution < 1.29 is 5.11 Å². The molecule has 0 bridgehead atoms. The zero-order chi connectivity index (χ0) is 8.91. The molecule has 0 unspecified atom stereocenters. The van der Waals surface area contributed by atoms with Gasteiger partial charge in [-0.15, -0.1) is 0 Å². The van der Waals surface area contributed by atoms with E-state index in [1.165, 1.54) is 12.4 Å². The summed E-state index contributed by atoms with van der Waals surface area (Å²) in [5.74, 6) is 0. The van der Waals surface area contributed by atoms with E-state index in [0.717, 1.165) is 0 Å². The van der Waals surface area contributed by atoms with Gasteiger partial charge >= 0.3 is 0 Å². The van der Waals surface area contributed by atoms with Crippen molar-refractivity contribution in [3.05, 3.63) is 11.9 Å². The molecule has 0 saturated heterocycles. The molecular weight excluding hydrogens is 142 g/mol. The Balaban J connectivity index is 3.79. The average molecular weight is 157 g/mol. The maximum atomic E-state index is 9.20. The third kappa shape index (κ3) is 6.86. The van der Waals surface area contributed by atoms with Gasteiger partial charge in [-0.1, -0.05) is 0 Å². The summed E-state index contributed by atoms with van der Waals surface area (Å²) < 4.78 is 0. The van der Waals surface area contributed by atoms with Crippen LogP contribution in [-0.2, 0) is 0 Å². The van der Waals surface area contributed by atoms with Gasteiger partial charge in [-0.3, -0.25) is 4.99 Å². The molecule has 4 nitrogen and oxygen atoms in total. The molecule has 4 heteroatoms. The zero-order valence-corrected chi connectivity index (χ0v) is 6.91. The highest BCUT2D eigenvalue weighted by atomic mass is 16.3. The highest BCUT2D eigenvalue weighted by Crippen LogP contribution is 1.99. The lowest BCUT2D eigenvalue weighted by Gasteiger charge is -2.12. The zero-order valence-electron chi connectivity index (χ0n) is 6.91. The fourth-order valence-electron chi connectivity index (χ4n) is 0.417. The maximum absolute atomic E-state index is 9.20. The third-order valence-electron chi connectivity index (χ3n) is 0.911. The summed E-state index contributed by atoms with van der Waals surface area (Å²) >= 11 is 0. The minimum absolute atomic E-state index is 0.321.